The van der Waals surface area contributed by atoms with Gasteiger partial charge in [0, 0.05) is 25.7 Å². The molecular formula is C81H158O17P2. The highest BCUT2D eigenvalue weighted by atomic mass is 31.2. The van der Waals surface area contributed by atoms with E-state index in [1.54, 1.807) is 0 Å². The molecule has 2 unspecified atom stereocenters. The van der Waals surface area contributed by atoms with Crippen molar-refractivity contribution in [3.05, 3.63) is 0 Å². The summed E-state index contributed by atoms with van der Waals surface area (Å²) in [7, 11) is -9.92. The van der Waals surface area contributed by atoms with E-state index >= 15 is 0 Å². The molecule has 0 aliphatic rings. The van der Waals surface area contributed by atoms with Gasteiger partial charge < -0.3 is 33.8 Å². The lowest BCUT2D eigenvalue weighted by molar-refractivity contribution is -0.161. The number of rotatable bonds is 81. The summed E-state index contributed by atoms with van der Waals surface area (Å²) in [5, 5.41) is 10.6. The summed E-state index contributed by atoms with van der Waals surface area (Å²) in [5.74, 6) is -1.28. The third-order valence-electron chi connectivity index (χ3n) is 19.0. The topological polar surface area (TPSA) is 237 Å². The van der Waals surface area contributed by atoms with E-state index in [9.17, 15) is 43.2 Å². The van der Waals surface area contributed by atoms with Crippen molar-refractivity contribution in [1.82, 2.24) is 0 Å². The average molecular weight is 1470 g/mol. The number of carbonyl (C=O) groups excluding carboxylic acids is 4. The monoisotopic (exact) mass is 1470 g/mol. The molecule has 0 fully saturated rings. The predicted octanol–water partition coefficient (Wildman–Crippen LogP) is 24.4. The summed E-state index contributed by atoms with van der Waals surface area (Å²) in [5.41, 5.74) is 0. The number of hydrogen-bond acceptors (Lipinski definition) is 15. The Morgan fingerprint density at radius 2 is 0.460 bits per heavy atom. The molecule has 3 N–H and O–H groups in total. The fraction of sp³-hybridized carbons (Fsp3) is 0.951. The highest BCUT2D eigenvalue weighted by Gasteiger charge is 2.30. The third-order valence-corrected chi connectivity index (χ3v) is 20.9. The fourth-order valence-corrected chi connectivity index (χ4v) is 14.2. The minimum absolute atomic E-state index is 0.109. The molecule has 0 aromatic heterocycles. The van der Waals surface area contributed by atoms with Crippen molar-refractivity contribution in [1.29, 1.82) is 0 Å². The molecule has 0 heterocycles. The molecule has 5 atom stereocenters. The van der Waals surface area contributed by atoms with Crippen molar-refractivity contribution >= 4 is 39.5 Å². The predicted molar refractivity (Wildman–Crippen MR) is 409 cm³/mol. The molecule has 594 valence electrons. The van der Waals surface area contributed by atoms with Gasteiger partial charge in [0.15, 0.2) is 12.2 Å². The molecule has 0 rings (SSSR count). The Bertz CT molecular complexity index is 1910. The van der Waals surface area contributed by atoms with E-state index in [4.69, 9.17) is 37.0 Å². The highest BCUT2D eigenvalue weighted by molar-refractivity contribution is 7.47. The molecule has 0 saturated carbocycles. The normalized spacial score (nSPS) is 13.8. The number of hydrogen-bond donors (Lipinski definition) is 3. The summed E-state index contributed by atoms with van der Waals surface area (Å²) in [6.45, 7) is 7.37. The standard InChI is InChI=1S/C81H158O17P2/c1-6-9-12-15-18-21-24-33-39-44-49-54-59-64-78(83)91-70-76(97-80(85)66-61-56-51-46-41-35-26-23-20-17-14-11-8-3)72-95-99(87,88)93-68-75(82)69-94-100(89,90)96-73-77(71-92-79(84)65-60-55-50-45-40-34-25-22-19-16-13-10-7-2)98-81(86)67-62-57-52-47-42-37-32-30-28-27-29-31-36-38-43-48-53-58-63-74(4)5/h74-77,82H,6-73H2,1-5H3,(H,87,88)(H,89,90)/t75-,76+,77+/m0/s1. The summed E-state index contributed by atoms with van der Waals surface area (Å²) >= 11 is 0. The van der Waals surface area contributed by atoms with Crippen LogP contribution >= 0.6 is 15.6 Å². The van der Waals surface area contributed by atoms with Crippen LogP contribution in [0.1, 0.15) is 433 Å². The largest absolute Gasteiger partial charge is 0.472 e. The molecular weight excluding hydrogens is 1310 g/mol. The van der Waals surface area contributed by atoms with Crippen LogP contribution in [0, 0.1) is 5.92 Å². The SMILES string of the molecule is CCCCCCCCCCCCCCCC(=O)OC[C@H](COP(=O)(O)OC[C@H](O)COP(=O)(O)OC[C@@H](COC(=O)CCCCCCCCCCCCCCC)OC(=O)CCCCCCCCCCCCCCCCCCCCC(C)C)OC(=O)CCCCCCCCCCCCCCC. The molecule has 0 bridgehead atoms. The van der Waals surface area contributed by atoms with Gasteiger partial charge in [0.05, 0.1) is 26.4 Å². The first kappa shape index (κ1) is 98.1. The van der Waals surface area contributed by atoms with Gasteiger partial charge in [-0.25, -0.2) is 9.13 Å². The summed E-state index contributed by atoms with van der Waals surface area (Å²) < 4.78 is 68.7. The Morgan fingerprint density at radius 3 is 0.680 bits per heavy atom. The van der Waals surface area contributed by atoms with E-state index in [1.165, 1.54) is 257 Å². The number of esters is 4. The highest BCUT2D eigenvalue weighted by Crippen LogP contribution is 2.45. The minimum atomic E-state index is -4.96. The van der Waals surface area contributed by atoms with Crippen molar-refractivity contribution in [3.8, 4) is 0 Å². The number of aliphatic hydroxyl groups is 1. The number of aliphatic hydroxyl groups excluding tert-OH is 1. The Kier molecular flexibility index (Phi) is 72.5. The quantitative estimate of drug-likeness (QED) is 0.0222. The van der Waals surface area contributed by atoms with Gasteiger partial charge in [-0.3, -0.25) is 37.3 Å². The zero-order chi connectivity index (χ0) is 73.4. The summed E-state index contributed by atoms with van der Waals surface area (Å²) in [4.78, 5) is 73.0. The lowest BCUT2D eigenvalue weighted by Crippen LogP contribution is -2.30. The number of unbranched alkanes of at least 4 members (excludes halogenated alkanes) is 53. The maximum absolute atomic E-state index is 13.1. The van der Waals surface area contributed by atoms with Gasteiger partial charge in [-0.05, 0) is 31.6 Å². The Hall–Kier alpha value is -1.94. The van der Waals surface area contributed by atoms with Gasteiger partial charge in [-0.1, -0.05) is 381 Å². The molecule has 0 saturated heterocycles. The zero-order valence-corrected chi connectivity index (χ0v) is 67.1. The summed E-state index contributed by atoms with van der Waals surface area (Å²) in [6, 6.07) is 0. The molecule has 0 aromatic rings. The van der Waals surface area contributed by atoms with Gasteiger partial charge in [0.1, 0.15) is 19.3 Å². The Balaban J connectivity index is 5.22. The fourth-order valence-electron chi connectivity index (χ4n) is 12.6. The molecule has 17 nitrogen and oxygen atoms in total. The zero-order valence-electron chi connectivity index (χ0n) is 65.3. The van der Waals surface area contributed by atoms with E-state index in [-0.39, 0.29) is 25.7 Å². The van der Waals surface area contributed by atoms with Crippen molar-refractivity contribution in [2.45, 2.75) is 451 Å². The van der Waals surface area contributed by atoms with Gasteiger partial charge in [-0.15, -0.1) is 0 Å². The van der Waals surface area contributed by atoms with E-state index < -0.39 is 97.5 Å². The molecule has 100 heavy (non-hydrogen) atoms. The number of phosphoric ester groups is 2. The first-order valence-electron chi connectivity index (χ1n) is 42.1. The molecule has 0 aliphatic heterocycles. The van der Waals surface area contributed by atoms with Crippen molar-refractivity contribution < 1.29 is 80.2 Å². The van der Waals surface area contributed by atoms with Crippen LogP contribution in [0.25, 0.3) is 0 Å². The van der Waals surface area contributed by atoms with Gasteiger partial charge in [0.25, 0.3) is 0 Å². The summed E-state index contributed by atoms with van der Waals surface area (Å²) in [6.07, 6.45) is 65.0. The molecule has 0 radical (unpaired) electrons. The molecule has 0 spiro atoms. The number of phosphoric acid groups is 2. The second-order valence-corrected chi connectivity index (χ2v) is 32.5. The van der Waals surface area contributed by atoms with Crippen molar-refractivity contribution in [2.75, 3.05) is 39.6 Å². The number of ether oxygens (including phenoxy) is 4. The lowest BCUT2D eigenvalue weighted by Gasteiger charge is -2.21. The van der Waals surface area contributed by atoms with Crippen LogP contribution in [-0.2, 0) is 65.4 Å². The van der Waals surface area contributed by atoms with Crippen LogP contribution in [0.2, 0.25) is 0 Å². The first-order chi connectivity index (χ1) is 48.5. The average Bonchev–Trinajstić information content (AvgIpc) is 0.943. The van der Waals surface area contributed by atoms with Crippen LogP contribution in [0.15, 0.2) is 0 Å². The van der Waals surface area contributed by atoms with Gasteiger partial charge >= 0.3 is 39.5 Å². The van der Waals surface area contributed by atoms with Crippen molar-refractivity contribution in [3.63, 3.8) is 0 Å². The maximum atomic E-state index is 13.1. The van der Waals surface area contributed by atoms with Crippen LogP contribution < -0.4 is 0 Å². The smallest absolute Gasteiger partial charge is 0.462 e. The van der Waals surface area contributed by atoms with Crippen LogP contribution in [-0.4, -0.2) is 96.7 Å². The maximum Gasteiger partial charge on any atom is 0.472 e. The first-order valence-corrected chi connectivity index (χ1v) is 45.1. The second kappa shape index (κ2) is 73.9. The van der Waals surface area contributed by atoms with E-state index in [1.807, 2.05) is 0 Å². The van der Waals surface area contributed by atoms with E-state index in [0.717, 1.165) is 95.8 Å². The minimum Gasteiger partial charge on any atom is -0.462 e. The van der Waals surface area contributed by atoms with Crippen LogP contribution in [0.3, 0.4) is 0 Å². The Labute approximate surface area is 613 Å². The van der Waals surface area contributed by atoms with Crippen LogP contribution in [0.5, 0.6) is 0 Å². The second-order valence-electron chi connectivity index (χ2n) is 29.6. The number of carbonyl (C=O) groups is 4. The molecule has 0 amide bonds. The van der Waals surface area contributed by atoms with Crippen molar-refractivity contribution in [2.24, 2.45) is 5.92 Å². The van der Waals surface area contributed by atoms with E-state index in [0.29, 0.717) is 25.7 Å². The molecule has 0 aliphatic carbocycles. The third kappa shape index (κ3) is 74.3. The lowest BCUT2D eigenvalue weighted by atomic mass is 10.0. The van der Waals surface area contributed by atoms with Gasteiger partial charge in [0.2, 0.25) is 0 Å². The van der Waals surface area contributed by atoms with Crippen LogP contribution in [0.4, 0.5) is 0 Å². The van der Waals surface area contributed by atoms with Gasteiger partial charge in [-0.2, -0.15) is 0 Å². The Morgan fingerprint density at radius 1 is 0.270 bits per heavy atom. The van der Waals surface area contributed by atoms with E-state index in [2.05, 4.69) is 34.6 Å². The molecule has 19 heteroatoms. The molecule has 0 aromatic carbocycles.